The van der Waals surface area contributed by atoms with Crippen molar-refractivity contribution in [3.63, 3.8) is 0 Å². The van der Waals surface area contributed by atoms with Crippen LogP contribution in [-0.2, 0) is 0 Å². The first-order chi connectivity index (χ1) is 8.24. The van der Waals surface area contributed by atoms with Gasteiger partial charge in [-0.15, -0.1) is 0 Å². The second-order valence-corrected chi connectivity index (χ2v) is 6.63. The summed E-state index contributed by atoms with van der Waals surface area (Å²) in [6, 6.07) is 2.16. The Morgan fingerprint density at radius 1 is 1.11 bits per heavy atom. The second kappa shape index (κ2) is 6.01. The molecule has 4 heteroatoms. The number of rotatable bonds is 4. The van der Waals surface area contributed by atoms with E-state index in [2.05, 4.69) is 36.6 Å². The highest BCUT2D eigenvalue weighted by Crippen LogP contribution is 2.16. The lowest BCUT2D eigenvalue weighted by Gasteiger charge is -2.42. The quantitative estimate of drug-likeness (QED) is 0.822. The number of piperazine rings is 1. The van der Waals surface area contributed by atoms with Crippen LogP contribution in [-0.4, -0.2) is 53.6 Å². The monoisotopic (exact) mass is 252 g/mol. The van der Waals surface area contributed by atoms with Crippen LogP contribution in [0.25, 0.3) is 0 Å². The van der Waals surface area contributed by atoms with Crippen LogP contribution in [0.3, 0.4) is 0 Å². The first-order valence-electron chi connectivity index (χ1n) is 6.92. The van der Waals surface area contributed by atoms with Gasteiger partial charge in [-0.2, -0.15) is 5.26 Å². The lowest BCUT2D eigenvalue weighted by Crippen LogP contribution is -2.53. The summed E-state index contributed by atoms with van der Waals surface area (Å²) in [4.78, 5) is 5.02. The van der Waals surface area contributed by atoms with Crippen LogP contribution in [0.1, 0.15) is 40.5 Å². The van der Waals surface area contributed by atoms with Crippen molar-refractivity contribution >= 4 is 0 Å². The molecule has 1 heterocycles. The third-order valence-corrected chi connectivity index (χ3v) is 3.75. The van der Waals surface area contributed by atoms with E-state index in [4.69, 9.17) is 11.0 Å². The normalized spacial score (nSPS) is 22.4. The van der Waals surface area contributed by atoms with Gasteiger partial charge in [-0.1, -0.05) is 0 Å². The van der Waals surface area contributed by atoms with Crippen molar-refractivity contribution in [2.45, 2.75) is 51.6 Å². The summed E-state index contributed by atoms with van der Waals surface area (Å²) >= 11 is 0. The third-order valence-electron chi connectivity index (χ3n) is 3.75. The minimum absolute atomic E-state index is 0.280. The van der Waals surface area contributed by atoms with E-state index < -0.39 is 5.54 Å². The molecular formula is C14H28N4. The summed E-state index contributed by atoms with van der Waals surface area (Å²) in [6.07, 6.45) is 1.79. The standard InChI is InChI=1S/C14H28N4/c1-13(2,3)18-10-8-17(9-11-18)7-5-6-14(4,16)12-15/h5-11,16H2,1-4H3. The molecule has 0 aliphatic carbocycles. The van der Waals surface area contributed by atoms with Gasteiger partial charge in [0.2, 0.25) is 0 Å². The fraction of sp³-hybridized carbons (Fsp3) is 0.929. The Morgan fingerprint density at radius 3 is 2.11 bits per heavy atom. The molecule has 1 aliphatic heterocycles. The molecule has 1 fully saturated rings. The molecule has 0 saturated carbocycles. The zero-order chi connectivity index (χ0) is 13.8. The van der Waals surface area contributed by atoms with Gasteiger partial charge in [-0.05, 0) is 47.1 Å². The minimum atomic E-state index is -0.659. The van der Waals surface area contributed by atoms with Crippen molar-refractivity contribution in [1.29, 1.82) is 5.26 Å². The van der Waals surface area contributed by atoms with Gasteiger partial charge in [-0.3, -0.25) is 4.90 Å². The predicted molar refractivity (Wildman–Crippen MR) is 75.2 cm³/mol. The van der Waals surface area contributed by atoms with Crippen LogP contribution in [0.5, 0.6) is 0 Å². The highest BCUT2D eigenvalue weighted by Gasteiger charge is 2.25. The molecule has 18 heavy (non-hydrogen) atoms. The molecule has 0 spiro atoms. The van der Waals surface area contributed by atoms with Gasteiger partial charge in [0.05, 0.1) is 6.07 Å². The van der Waals surface area contributed by atoms with E-state index in [1.807, 2.05) is 6.92 Å². The third kappa shape index (κ3) is 4.93. The Kier molecular flexibility index (Phi) is 5.15. The van der Waals surface area contributed by atoms with Gasteiger partial charge < -0.3 is 10.6 Å². The van der Waals surface area contributed by atoms with Crippen LogP contribution in [0, 0.1) is 11.3 Å². The first-order valence-corrected chi connectivity index (χ1v) is 6.92. The Morgan fingerprint density at radius 2 is 1.67 bits per heavy atom. The van der Waals surface area contributed by atoms with Crippen molar-refractivity contribution < 1.29 is 0 Å². The first kappa shape index (κ1) is 15.4. The largest absolute Gasteiger partial charge is 0.314 e. The van der Waals surface area contributed by atoms with Crippen LogP contribution in [0.2, 0.25) is 0 Å². The molecular weight excluding hydrogens is 224 g/mol. The Hall–Kier alpha value is -0.630. The maximum Gasteiger partial charge on any atom is 0.101 e. The molecule has 1 aliphatic rings. The molecule has 1 unspecified atom stereocenters. The summed E-state index contributed by atoms with van der Waals surface area (Å²) in [5.41, 5.74) is 5.44. The molecule has 0 aromatic heterocycles. The number of nitrogens with two attached hydrogens (primary N) is 1. The molecule has 2 N–H and O–H groups in total. The summed E-state index contributed by atoms with van der Waals surface area (Å²) in [5.74, 6) is 0. The van der Waals surface area contributed by atoms with Crippen LogP contribution in [0.15, 0.2) is 0 Å². The maximum absolute atomic E-state index is 8.86. The van der Waals surface area contributed by atoms with Gasteiger partial charge in [0.1, 0.15) is 5.54 Å². The molecule has 1 rings (SSSR count). The topological polar surface area (TPSA) is 56.3 Å². The van der Waals surface area contributed by atoms with E-state index in [1.165, 1.54) is 0 Å². The van der Waals surface area contributed by atoms with E-state index in [0.29, 0.717) is 0 Å². The molecule has 0 radical (unpaired) electrons. The molecule has 4 nitrogen and oxygen atoms in total. The Labute approximate surface area is 112 Å². The molecule has 1 atom stereocenters. The number of hydrogen-bond acceptors (Lipinski definition) is 4. The van der Waals surface area contributed by atoms with Crippen LogP contribution >= 0.6 is 0 Å². The molecule has 1 saturated heterocycles. The van der Waals surface area contributed by atoms with E-state index in [1.54, 1.807) is 0 Å². The SMILES string of the molecule is CC(N)(C#N)CCCN1CCN(C(C)(C)C)CC1. The molecule has 104 valence electrons. The van der Waals surface area contributed by atoms with E-state index >= 15 is 0 Å². The maximum atomic E-state index is 8.86. The summed E-state index contributed by atoms with van der Waals surface area (Å²) < 4.78 is 0. The fourth-order valence-electron chi connectivity index (χ4n) is 2.37. The second-order valence-electron chi connectivity index (χ2n) is 6.63. The summed E-state index contributed by atoms with van der Waals surface area (Å²) in [7, 11) is 0. The minimum Gasteiger partial charge on any atom is -0.314 e. The lowest BCUT2D eigenvalue weighted by atomic mass is 9.99. The molecule has 0 bridgehead atoms. The Balaban J connectivity index is 2.23. The fourth-order valence-corrected chi connectivity index (χ4v) is 2.37. The van der Waals surface area contributed by atoms with E-state index in [9.17, 15) is 0 Å². The molecule has 0 aromatic carbocycles. The zero-order valence-electron chi connectivity index (χ0n) is 12.4. The van der Waals surface area contributed by atoms with Crippen molar-refractivity contribution in [2.24, 2.45) is 5.73 Å². The van der Waals surface area contributed by atoms with Crippen molar-refractivity contribution in [1.82, 2.24) is 9.80 Å². The van der Waals surface area contributed by atoms with Gasteiger partial charge in [0.25, 0.3) is 0 Å². The number of nitriles is 1. The lowest BCUT2D eigenvalue weighted by molar-refractivity contribution is 0.0613. The molecule has 0 aromatic rings. The molecule has 0 amide bonds. The van der Waals surface area contributed by atoms with E-state index in [-0.39, 0.29) is 5.54 Å². The predicted octanol–water partition coefficient (Wildman–Crippen LogP) is 1.42. The smallest absolute Gasteiger partial charge is 0.101 e. The Bertz CT molecular complexity index is 290. The highest BCUT2D eigenvalue weighted by molar-refractivity contribution is 5.00. The van der Waals surface area contributed by atoms with Crippen molar-refractivity contribution in [3.8, 4) is 6.07 Å². The van der Waals surface area contributed by atoms with Gasteiger partial charge in [-0.25, -0.2) is 0 Å². The highest BCUT2D eigenvalue weighted by atomic mass is 15.3. The zero-order valence-corrected chi connectivity index (χ0v) is 12.4. The van der Waals surface area contributed by atoms with Crippen LogP contribution < -0.4 is 5.73 Å². The number of nitrogens with zero attached hydrogens (tertiary/aromatic N) is 3. The van der Waals surface area contributed by atoms with Crippen molar-refractivity contribution in [2.75, 3.05) is 32.7 Å². The number of hydrogen-bond donors (Lipinski definition) is 1. The average molecular weight is 252 g/mol. The van der Waals surface area contributed by atoms with Gasteiger partial charge in [0, 0.05) is 31.7 Å². The van der Waals surface area contributed by atoms with Gasteiger partial charge in [0.15, 0.2) is 0 Å². The average Bonchev–Trinajstić information content (AvgIpc) is 2.28. The van der Waals surface area contributed by atoms with Crippen LogP contribution in [0.4, 0.5) is 0 Å². The summed E-state index contributed by atoms with van der Waals surface area (Å²) in [6.45, 7) is 14.2. The van der Waals surface area contributed by atoms with Crippen molar-refractivity contribution in [3.05, 3.63) is 0 Å². The summed E-state index contributed by atoms with van der Waals surface area (Å²) in [5, 5.41) is 8.86. The van der Waals surface area contributed by atoms with E-state index in [0.717, 1.165) is 45.6 Å². The van der Waals surface area contributed by atoms with Gasteiger partial charge >= 0.3 is 0 Å².